The van der Waals surface area contributed by atoms with Gasteiger partial charge in [-0.1, -0.05) is 12.1 Å². The molecular weight excluding hydrogens is 193 g/mol. The molecule has 0 saturated heterocycles. The highest BCUT2D eigenvalue weighted by Crippen LogP contribution is 2.26. The molecule has 3 heteroatoms. The smallest absolute Gasteiger partial charge is 0.120 e. The lowest BCUT2D eigenvalue weighted by molar-refractivity contribution is 0.186. The van der Waals surface area contributed by atoms with E-state index < -0.39 is 6.17 Å². The summed E-state index contributed by atoms with van der Waals surface area (Å²) in [5.41, 5.74) is 2.07. The Morgan fingerprint density at radius 2 is 2.00 bits per heavy atom. The van der Waals surface area contributed by atoms with E-state index in [1.54, 1.807) is 0 Å². The van der Waals surface area contributed by atoms with Crippen molar-refractivity contribution in [1.29, 1.82) is 0 Å². The maximum atomic E-state index is 13.0. The Morgan fingerprint density at radius 1 is 1.27 bits per heavy atom. The van der Waals surface area contributed by atoms with Gasteiger partial charge in [-0.3, -0.25) is 0 Å². The highest BCUT2D eigenvalue weighted by atomic mass is 19.1. The van der Waals surface area contributed by atoms with Gasteiger partial charge in [0.25, 0.3) is 0 Å². The van der Waals surface area contributed by atoms with Gasteiger partial charge in [0, 0.05) is 12.3 Å². The number of aliphatic hydroxyl groups is 1. The fraction of sp³-hybridized carbons (Fsp3) is 0.500. The van der Waals surface area contributed by atoms with Gasteiger partial charge in [0.2, 0.25) is 0 Å². The summed E-state index contributed by atoms with van der Waals surface area (Å²) in [6, 6.07) is 7.80. The van der Waals surface area contributed by atoms with Crippen LogP contribution in [-0.4, -0.2) is 23.9 Å². The summed E-state index contributed by atoms with van der Waals surface area (Å²) in [6.07, 6.45) is 1.58. The van der Waals surface area contributed by atoms with Crippen LogP contribution in [-0.2, 0) is 6.42 Å². The fourth-order valence-electron chi connectivity index (χ4n) is 1.73. The minimum atomic E-state index is -0.692. The van der Waals surface area contributed by atoms with Crippen LogP contribution in [0.2, 0.25) is 0 Å². The number of hydrogen-bond donors (Lipinski definition) is 2. The van der Waals surface area contributed by atoms with E-state index in [1.165, 1.54) is 0 Å². The summed E-state index contributed by atoms with van der Waals surface area (Å²) in [5, 5.41) is 11.9. The highest BCUT2D eigenvalue weighted by Gasteiger charge is 2.30. The normalized spacial score (nSPS) is 24.7. The van der Waals surface area contributed by atoms with E-state index in [-0.39, 0.29) is 12.6 Å². The van der Waals surface area contributed by atoms with Crippen molar-refractivity contribution in [3.8, 4) is 0 Å². The topological polar surface area (TPSA) is 32.3 Å². The molecule has 1 aromatic carbocycles. The molecule has 1 aromatic rings. The van der Waals surface area contributed by atoms with Crippen molar-refractivity contribution in [2.75, 3.05) is 11.9 Å². The number of benzene rings is 1. The molecule has 2 unspecified atom stereocenters. The second-order valence-corrected chi connectivity index (χ2v) is 4.01. The van der Waals surface area contributed by atoms with E-state index in [9.17, 15) is 4.39 Å². The van der Waals surface area contributed by atoms with Crippen molar-refractivity contribution in [3.63, 3.8) is 0 Å². The Bertz CT molecular complexity index is 312. The van der Waals surface area contributed by atoms with E-state index in [4.69, 9.17) is 5.11 Å². The maximum Gasteiger partial charge on any atom is 0.120 e. The van der Waals surface area contributed by atoms with E-state index >= 15 is 0 Å². The third-order valence-corrected chi connectivity index (χ3v) is 2.90. The number of alkyl halides is 1. The standard InChI is InChI=1S/C12H16FNO/c13-11-5-6-12(11)14-10-3-1-9(2-4-10)7-8-15/h1-4,11-12,14-15H,5-8H2. The SMILES string of the molecule is OCCc1ccc(NC2CCC2F)cc1. The number of anilines is 1. The van der Waals surface area contributed by atoms with Gasteiger partial charge in [0.15, 0.2) is 0 Å². The first kappa shape index (κ1) is 10.4. The molecule has 0 radical (unpaired) electrons. The second-order valence-electron chi connectivity index (χ2n) is 4.01. The Morgan fingerprint density at radius 3 is 2.47 bits per heavy atom. The number of rotatable bonds is 4. The Balaban J connectivity index is 1.92. The molecule has 0 amide bonds. The summed E-state index contributed by atoms with van der Waals surface area (Å²) in [6.45, 7) is 0.169. The van der Waals surface area contributed by atoms with Gasteiger partial charge >= 0.3 is 0 Å². The van der Waals surface area contributed by atoms with Crippen molar-refractivity contribution < 1.29 is 9.50 Å². The van der Waals surface area contributed by atoms with Crippen molar-refractivity contribution in [2.45, 2.75) is 31.5 Å². The molecule has 1 saturated carbocycles. The molecule has 0 aromatic heterocycles. The molecule has 82 valence electrons. The zero-order valence-corrected chi connectivity index (χ0v) is 8.62. The molecule has 2 atom stereocenters. The van der Waals surface area contributed by atoms with E-state index in [0.29, 0.717) is 12.8 Å². The average molecular weight is 209 g/mol. The van der Waals surface area contributed by atoms with Crippen molar-refractivity contribution in [3.05, 3.63) is 29.8 Å². The number of nitrogens with one attached hydrogen (secondary N) is 1. The van der Waals surface area contributed by atoms with Crippen LogP contribution < -0.4 is 5.32 Å². The predicted molar refractivity (Wildman–Crippen MR) is 58.8 cm³/mol. The summed E-state index contributed by atoms with van der Waals surface area (Å²) in [5.74, 6) is 0. The van der Waals surface area contributed by atoms with Crippen LogP contribution in [0, 0.1) is 0 Å². The number of hydrogen-bond acceptors (Lipinski definition) is 2. The van der Waals surface area contributed by atoms with E-state index in [0.717, 1.165) is 17.7 Å². The summed E-state index contributed by atoms with van der Waals surface area (Å²) in [7, 11) is 0. The number of halogens is 1. The quantitative estimate of drug-likeness (QED) is 0.796. The molecule has 2 N–H and O–H groups in total. The molecule has 2 nitrogen and oxygen atoms in total. The number of aliphatic hydroxyl groups excluding tert-OH is 1. The zero-order valence-electron chi connectivity index (χ0n) is 8.62. The molecule has 0 aliphatic heterocycles. The minimum Gasteiger partial charge on any atom is -0.396 e. The van der Waals surface area contributed by atoms with Crippen LogP contribution in [0.25, 0.3) is 0 Å². The van der Waals surface area contributed by atoms with Gasteiger partial charge in [-0.25, -0.2) is 4.39 Å². The van der Waals surface area contributed by atoms with Crippen LogP contribution in [0.3, 0.4) is 0 Å². The monoisotopic (exact) mass is 209 g/mol. The van der Waals surface area contributed by atoms with Crippen molar-refractivity contribution >= 4 is 5.69 Å². The third-order valence-electron chi connectivity index (χ3n) is 2.90. The van der Waals surface area contributed by atoms with Crippen molar-refractivity contribution in [1.82, 2.24) is 0 Å². The van der Waals surface area contributed by atoms with E-state index in [2.05, 4.69) is 5.32 Å². The zero-order chi connectivity index (χ0) is 10.7. The fourth-order valence-corrected chi connectivity index (χ4v) is 1.73. The first-order valence-electron chi connectivity index (χ1n) is 5.40. The first-order chi connectivity index (χ1) is 7.29. The molecule has 1 fully saturated rings. The van der Waals surface area contributed by atoms with E-state index in [1.807, 2.05) is 24.3 Å². The van der Waals surface area contributed by atoms with Crippen LogP contribution in [0.5, 0.6) is 0 Å². The third kappa shape index (κ3) is 2.48. The second kappa shape index (κ2) is 4.62. The summed E-state index contributed by atoms with van der Waals surface area (Å²) < 4.78 is 13.0. The lowest BCUT2D eigenvalue weighted by atomic mass is 9.90. The molecule has 0 heterocycles. The summed E-state index contributed by atoms with van der Waals surface area (Å²) >= 11 is 0. The van der Waals surface area contributed by atoms with Crippen molar-refractivity contribution in [2.24, 2.45) is 0 Å². The van der Waals surface area contributed by atoms with Crippen LogP contribution in [0.4, 0.5) is 10.1 Å². The first-order valence-corrected chi connectivity index (χ1v) is 5.40. The van der Waals surface area contributed by atoms with Crippen LogP contribution in [0.15, 0.2) is 24.3 Å². The Labute approximate surface area is 89.1 Å². The molecule has 0 spiro atoms. The van der Waals surface area contributed by atoms with Crippen LogP contribution in [0.1, 0.15) is 18.4 Å². The van der Waals surface area contributed by atoms with Gasteiger partial charge in [-0.05, 0) is 37.0 Å². The van der Waals surface area contributed by atoms with Gasteiger partial charge in [-0.15, -0.1) is 0 Å². The highest BCUT2D eigenvalue weighted by molar-refractivity contribution is 5.46. The molecule has 15 heavy (non-hydrogen) atoms. The largest absolute Gasteiger partial charge is 0.396 e. The van der Waals surface area contributed by atoms with Crippen LogP contribution >= 0.6 is 0 Å². The lowest BCUT2D eigenvalue weighted by Gasteiger charge is -2.31. The minimum absolute atomic E-state index is 0.00584. The summed E-state index contributed by atoms with van der Waals surface area (Å²) in [4.78, 5) is 0. The lowest BCUT2D eigenvalue weighted by Crippen LogP contribution is -2.39. The molecular formula is C12H16FNO. The molecule has 1 aliphatic rings. The Kier molecular flexibility index (Phi) is 3.21. The van der Waals surface area contributed by atoms with Gasteiger partial charge < -0.3 is 10.4 Å². The Hall–Kier alpha value is -1.09. The molecule has 1 aliphatic carbocycles. The van der Waals surface area contributed by atoms with Gasteiger partial charge in [0.1, 0.15) is 6.17 Å². The van der Waals surface area contributed by atoms with Gasteiger partial charge in [0.05, 0.1) is 6.04 Å². The van der Waals surface area contributed by atoms with Gasteiger partial charge in [-0.2, -0.15) is 0 Å². The predicted octanol–water partition coefficient (Wildman–Crippen LogP) is 2.13. The molecule has 2 rings (SSSR count). The average Bonchev–Trinajstić information content (AvgIpc) is 2.26. The maximum absolute atomic E-state index is 13.0. The molecule has 0 bridgehead atoms.